The van der Waals surface area contributed by atoms with Gasteiger partial charge in [-0.05, 0) is 43.0 Å². The fourth-order valence-electron chi connectivity index (χ4n) is 5.22. The van der Waals surface area contributed by atoms with Gasteiger partial charge < -0.3 is 61.5 Å². The summed E-state index contributed by atoms with van der Waals surface area (Å²) in [6, 6.07) is 4.91. The maximum absolute atomic E-state index is 13.1. The molecule has 1 saturated heterocycles. The third-order valence-corrected chi connectivity index (χ3v) is 11.4. The van der Waals surface area contributed by atoms with Crippen molar-refractivity contribution in [3.63, 3.8) is 0 Å². The summed E-state index contributed by atoms with van der Waals surface area (Å²) in [4.78, 5) is 69.1. The van der Waals surface area contributed by atoms with Crippen LogP contribution in [-0.2, 0) is 54.0 Å². The molecule has 0 radical (unpaired) electrons. The number of ether oxygens (including phenoxy) is 4. The van der Waals surface area contributed by atoms with E-state index < -0.39 is 66.5 Å². The number of hydrogen-bond donors (Lipinski definition) is 9. The number of hydrogen-bond acceptors (Lipinski definition) is 17. The summed E-state index contributed by atoms with van der Waals surface area (Å²) in [7, 11) is -16.8. The Morgan fingerprint density at radius 2 is 1.85 bits per heavy atom. The van der Waals surface area contributed by atoms with Crippen molar-refractivity contribution >= 4 is 41.0 Å². The number of rotatable bonds is 17. The van der Waals surface area contributed by atoms with Gasteiger partial charge in [0.25, 0.3) is 5.56 Å². The molecule has 53 heavy (non-hydrogen) atoms. The zero-order chi connectivity index (χ0) is 39.0. The minimum Gasteiger partial charge on any atom is -0.490 e. The number of phosphoric acid groups is 3. The second-order valence-electron chi connectivity index (χ2n) is 11.4. The van der Waals surface area contributed by atoms with Crippen molar-refractivity contribution in [2.24, 2.45) is 17.2 Å². The Hall–Kier alpha value is -3.48. The zero-order valence-electron chi connectivity index (χ0n) is 27.8. The van der Waals surface area contributed by atoms with Crippen molar-refractivity contribution in [1.82, 2.24) is 9.97 Å². The van der Waals surface area contributed by atoms with Gasteiger partial charge in [0.15, 0.2) is 6.61 Å². The van der Waals surface area contributed by atoms with E-state index in [1.807, 2.05) is 0 Å². The molecule has 0 amide bonds. The van der Waals surface area contributed by atoms with Crippen LogP contribution < -0.4 is 33.2 Å². The number of anilines is 1. The molecule has 3 unspecified atom stereocenters. The highest BCUT2D eigenvalue weighted by Crippen LogP contribution is 2.66. The van der Waals surface area contributed by atoms with E-state index in [9.17, 15) is 33.1 Å². The van der Waals surface area contributed by atoms with Gasteiger partial charge >= 0.3 is 29.4 Å². The predicted molar refractivity (Wildman–Crippen MR) is 183 cm³/mol. The lowest BCUT2D eigenvalue weighted by Crippen LogP contribution is -2.30. The standard InChI is InChI=1S/C28H39N6O16P3/c29-12-16(3-2-8-44-27(36)21-7-6-19(9-17(21)13-30)47-18-4-1-5-18)25-22(33-28(32)34-26(25)35)10-20-11-23(45-15-31)24(48-20)14-46-52(40,41)50-53(42,43)49-51(37,38)39/h6-7,9,12,18,20,23-24H,1,4-5,8,10-11,13-15,29-31H2,(H,40,41)(H,42,43)(H2,37,38,39)(H3,32,33,34,35)/b16-12-/t20-,23+,24?/m0/s1. The number of carbonyl (C=O) groups excluding carboxylic acids is 1. The second-order valence-corrected chi connectivity index (χ2v) is 15.8. The third-order valence-electron chi connectivity index (χ3n) is 7.64. The highest BCUT2D eigenvalue weighted by atomic mass is 31.3. The zero-order valence-corrected chi connectivity index (χ0v) is 30.5. The molecule has 4 rings (SSSR count). The normalized spacial score (nSPS) is 21.5. The lowest BCUT2D eigenvalue weighted by molar-refractivity contribution is -0.0445. The van der Waals surface area contributed by atoms with Gasteiger partial charge in [0.05, 0.1) is 54.0 Å². The summed E-state index contributed by atoms with van der Waals surface area (Å²) < 4.78 is 69.4. The Kier molecular flexibility index (Phi) is 14.5. The molecule has 1 saturated carbocycles. The number of aromatic amines is 1. The lowest BCUT2D eigenvalue weighted by Gasteiger charge is -2.26. The number of aromatic nitrogens is 2. The highest BCUT2D eigenvalue weighted by molar-refractivity contribution is 7.66. The first-order valence-corrected chi connectivity index (χ1v) is 20.2. The Morgan fingerprint density at radius 3 is 2.47 bits per heavy atom. The predicted octanol–water partition coefficient (Wildman–Crippen LogP) is 0.247. The van der Waals surface area contributed by atoms with Crippen LogP contribution in [0.1, 0.15) is 52.9 Å². The number of phosphoric ester groups is 1. The van der Waals surface area contributed by atoms with Crippen LogP contribution in [0.5, 0.6) is 5.75 Å². The van der Waals surface area contributed by atoms with Gasteiger partial charge in [0.1, 0.15) is 11.9 Å². The molecule has 2 heterocycles. The van der Waals surface area contributed by atoms with Gasteiger partial charge in [-0.25, -0.2) is 23.5 Å². The van der Waals surface area contributed by atoms with Crippen molar-refractivity contribution in [1.29, 1.82) is 0 Å². The number of benzene rings is 1. The molecule has 0 spiro atoms. The van der Waals surface area contributed by atoms with Crippen molar-refractivity contribution in [3.05, 3.63) is 57.1 Å². The van der Waals surface area contributed by atoms with E-state index in [-0.39, 0.29) is 60.6 Å². The fraction of sp³-hybridized carbons (Fsp3) is 0.464. The van der Waals surface area contributed by atoms with Crippen LogP contribution in [0.3, 0.4) is 0 Å². The van der Waals surface area contributed by atoms with Gasteiger partial charge in [-0.3, -0.25) is 14.3 Å². The van der Waals surface area contributed by atoms with Gasteiger partial charge in [0.2, 0.25) is 5.95 Å². The first-order valence-electron chi connectivity index (χ1n) is 15.6. The van der Waals surface area contributed by atoms with Crippen LogP contribution in [0.15, 0.2) is 29.2 Å². The van der Waals surface area contributed by atoms with Gasteiger partial charge in [0, 0.05) is 25.6 Å². The average Bonchev–Trinajstić information content (AvgIpc) is 3.41. The minimum atomic E-state index is -5.75. The number of H-pyrrole nitrogens is 1. The van der Waals surface area contributed by atoms with Gasteiger partial charge in [-0.1, -0.05) is 11.8 Å². The Bertz CT molecular complexity index is 1940. The molecule has 1 aromatic carbocycles. The number of nitrogens with zero attached hydrogens (tertiary/aromatic N) is 1. The molecule has 2 fully saturated rings. The summed E-state index contributed by atoms with van der Waals surface area (Å²) in [6.45, 7) is -1.48. The summed E-state index contributed by atoms with van der Waals surface area (Å²) in [5, 5.41) is 0. The van der Waals surface area contributed by atoms with Crippen molar-refractivity contribution in [2.75, 3.05) is 25.7 Å². The van der Waals surface area contributed by atoms with E-state index in [0.717, 1.165) is 25.5 Å². The van der Waals surface area contributed by atoms with E-state index in [1.165, 1.54) is 0 Å². The quantitative estimate of drug-likeness (QED) is 0.0447. The van der Waals surface area contributed by atoms with E-state index >= 15 is 0 Å². The van der Waals surface area contributed by atoms with E-state index in [1.54, 1.807) is 18.2 Å². The van der Waals surface area contributed by atoms with Gasteiger partial charge in [-0.15, -0.1) is 0 Å². The molecule has 1 aliphatic carbocycles. The molecule has 1 aliphatic heterocycles. The number of carbonyl (C=O) groups is 1. The molecule has 2 aromatic rings. The lowest BCUT2D eigenvalue weighted by atomic mass is 9.96. The Morgan fingerprint density at radius 1 is 1.11 bits per heavy atom. The van der Waals surface area contributed by atoms with Crippen LogP contribution in [-0.4, -0.2) is 79.9 Å². The topological polar surface area (TPSA) is 364 Å². The number of nitrogens with two attached hydrogens (primary N) is 4. The Labute approximate surface area is 301 Å². The fourth-order valence-corrected chi connectivity index (χ4v) is 8.25. The monoisotopic (exact) mass is 808 g/mol. The maximum Gasteiger partial charge on any atom is 0.490 e. The first-order chi connectivity index (χ1) is 24.9. The molecular formula is C28H39N6O16P3. The summed E-state index contributed by atoms with van der Waals surface area (Å²) in [6.07, 6.45) is 1.24. The maximum atomic E-state index is 13.1. The third kappa shape index (κ3) is 12.5. The smallest absolute Gasteiger partial charge is 0.490 e. The first kappa shape index (κ1) is 42.3. The molecule has 2 aliphatic rings. The Balaban J connectivity index is 1.43. The number of esters is 1. The summed E-state index contributed by atoms with van der Waals surface area (Å²) in [5.41, 5.74) is 23.0. The molecule has 25 heteroatoms. The van der Waals surface area contributed by atoms with E-state index in [4.69, 9.17) is 56.2 Å². The minimum absolute atomic E-state index is 0.0121. The molecule has 292 valence electrons. The van der Waals surface area contributed by atoms with Crippen molar-refractivity contribution in [3.8, 4) is 17.6 Å². The molecule has 5 atom stereocenters. The highest BCUT2D eigenvalue weighted by Gasteiger charge is 2.43. The molecular weight excluding hydrogens is 769 g/mol. The van der Waals surface area contributed by atoms with Crippen LogP contribution >= 0.6 is 23.5 Å². The van der Waals surface area contributed by atoms with Crippen LogP contribution in [0.25, 0.3) is 5.57 Å². The second kappa shape index (κ2) is 18.2. The van der Waals surface area contributed by atoms with E-state index in [2.05, 4.69) is 30.4 Å². The summed E-state index contributed by atoms with van der Waals surface area (Å²) >= 11 is 0. The number of allylic oxidation sites excluding steroid dienone is 1. The average molecular weight is 809 g/mol. The molecule has 13 N–H and O–H groups in total. The number of nitrogen functional groups attached to an aromatic ring is 1. The number of nitrogens with one attached hydrogen (secondary N) is 1. The van der Waals surface area contributed by atoms with Crippen molar-refractivity contribution in [2.45, 2.75) is 63.1 Å². The van der Waals surface area contributed by atoms with Gasteiger partial charge in [-0.2, -0.15) is 8.62 Å². The van der Waals surface area contributed by atoms with Crippen LogP contribution in [0, 0.1) is 11.8 Å². The molecule has 22 nitrogen and oxygen atoms in total. The van der Waals surface area contributed by atoms with Crippen molar-refractivity contribution < 1.29 is 70.2 Å². The van der Waals surface area contributed by atoms with Crippen LogP contribution in [0.2, 0.25) is 0 Å². The summed E-state index contributed by atoms with van der Waals surface area (Å²) in [5.74, 6) is 4.98. The molecule has 0 bridgehead atoms. The SMILES string of the molecule is N/C=C(/C#CCOC(=O)c1ccc(OC2CCC2)cc1CN)c1c(C[C@H]2C[C@@H](OCN)C(COP(=O)(O)OP(=O)(O)OP(=O)(O)O)O2)nc(N)[nH]c1=O. The largest absolute Gasteiger partial charge is 0.490 e. The molecule has 1 aromatic heterocycles. The van der Waals surface area contributed by atoms with E-state index in [0.29, 0.717) is 11.3 Å². The van der Waals surface area contributed by atoms with Crippen LogP contribution in [0.4, 0.5) is 5.95 Å².